The van der Waals surface area contributed by atoms with E-state index in [4.69, 9.17) is 6.42 Å². The molecule has 0 fully saturated rings. The Kier molecular flexibility index (Phi) is 26.1. The van der Waals surface area contributed by atoms with Crippen LogP contribution in [0.4, 0.5) is 0 Å². The Balaban J connectivity index is 0.000000195. The summed E-state index contributed by atoms with van der Waals surface area (Å²) >= 11 is 6.57. The Hall–Kier alpha value is -15.7. The lowest BCUT2D eigenvalue weighted by Gasteiger charge is -2.39. The molecule has 0 aliphatic carbocycles. The van der Waals surface area contributed by atoms with E-state index in [1.165, 1.54) is 167 Å². The van der Waals surface area contributed by atoms with Gasteiger partial charge < -0.3 is 14.8 Å². The van der Waals surface area contributed by atoms with Crippen molar-refractivity contribution in [3.63, 3.8) is 0 Å². The summed E-state index contributed by atoms with van der Waals surface area (Å²) in [4.78, 5) is 8.36. The number of rotatable bonds is 18. The molecule has 0 unspecified atom stereocenters. The van der Waals surface area contributed by atoms with Crippen molar-refractivity contribution in [2.45, 2.75) is 35.1 Å². The van der Waals surface area contributed by atoms with Gasteiger partial charge >= 0.3 is 12.6 Å². The highest BCUT2D eigenvalue weighted by molar-refractivity contribution is 9.11. The van der Waals surface area contributed by atoms with Crippen LogP contribution in [0.3, 0.4) is 0 Å². The Bertz CT molecular complexity index is 6970. The van der Waals surface area contributed by atoms with Crippen LogP contribution in [0.1, 0.15) is 52.7 Å². The number of nitrogens with zero attached hydrogens (tertiary/aromatic N) is 4. The van der Waals surface area contributed by atoms with Crippen molar-refractivity contribution >= 4 is 112 Å². The summed E-state index contributed by atoms with van der Waals surface area (Å²) in [7, 11) is 0. The van der Waals surface area contributed by atoms with Crippen molar-refractivity contribution in [3.8, 4) is 112 Å². The average Bonchev–Trinajstić information content (AvgIpc) is 1.50. The molecule has 18 aromatic carbocycles. The molecule has 4 heterocycles. The maximum absolute atomic E-state index is 6.53. The molecular weight excluding hydrogens is 1770 g/mol. The van der Waals surface area contributed by atoms with Crippen LogP contribution in [0.25, 0.3) is 123 Å². The van der Waals surface area contributed by atoms with Crippen molar-refractivity contribution in [1.82, 2.24) is 9.97 Å². The summed E-state index contributed by atoms with van der Waals surface area (Å²) in [5.74, 6) is 3.30. The molecule has 0 amide bonds. The fourth-order valence-corrected chi connectivity index (χ4v) is 21.7. The van der Waals surface area contributed by atoms with E-state index in [2.05, 4.69) is 556 Å². The Labute approximate surface area is 817 Å². The summed E-state index contributed by atoms with van der Waals surface area (Å²) in [6.45, 7) is 8.60. The van der Waals surface area contributed by atoms with Gasteiger partial charge in [-0.3, -0.25) is 0 Å². The number of fused-ring (bicyclic) bond motifs is 2. The maximum atomic E-state index is 6.53. The number of hydrogen-bond acceptors (Lipinski definition) is 2. The summed E-state index contributed by atoms with van der Waals surface area (Å²) in [5.41, 5.74) is 41.3. The molecule has 0 atom stereocenters. The molecule has 2 aliphatic heterocycles. The van der Waals surface area contributed by atoms with Crippen LogP contribution in [0.5, 0.6) is 0 Å². The minimum absolute atomic E-state index is 0. The number of hydrogen-bond donors (Lipinski definition) is 0. The number of aryl methyl sites for hydroxylation is 2. The van der Waals surface area contributed by atoms with Crippen molar-refractivity contribution in [1.29, 1.82) is 0 Å². The second-order valence-electron chi connectivity index (χ2n) is 35.3. The Morgan fingerprint density at radius 2 is 0.375 bits per heavy atom. The Morgan fingerprint density at radius 1 is 0.221 bits per heavy atom. The topological polar surface area (TPSA) is 33.5 Å². The summed E-state index contributed by atoms with van der Waals surface area (Å²) in [6.07, 6.45) is 6.09. The molecule has 0 saturated carbocycles. The van der Waals surface area contributed by atoms with Gasteiger partial charge in [0.2, 0.25) is 11.4 Å². The van der Waals surface area contributed by atoms with Gasteiger partial charge in [0.25, 0.3) is 0 Å². The zero-order valence-corrected chi connectivity index (χ0v) is 78.9. The summed E-state index contributed by atoms with van der Waals surface area (Å²) in [5, 5.41) is 0. The highest BCUT2D eigenvalue weighted by Gasteiger charge is 2.57. The van der Waals surface area contributed by atoms with Crippen molar-refractivity contribution in [2.24, 2.45) is 0 Å². The third kappa shape index (κ3) is 17.2. The lowest BCUT2D eigenvalue weighted by atomic mass is 9.16. The molecule has 4 nitrogen and oxygen atoms in total. The molecule has 2 aliphatic rings. The SMILES string of the molecule is C.C#C[B-](c1ccc(-c2ccccc2)cc1)(c1ccc(-c2ccccc2)cc1)c1ccc(-c2ccccc2)cc1.Cc1c2[n+](c(C)c3[n+]1[B-](c1ccc(-c4ccccc4)cc1)(c1ccc(-c4ccccc4)cc1)C(c1ccc(-c4ccccc4)cc1)=C3)[B-](c1ccc(-c3ccccc3)cc1)(c1ccc(-c3ccccc3)cc1)C(c1ccc(-c3ccccc3)cc1)=C2.Cc1nc(Br)c(C)nc1Br. The van der Waals surface area contributed by atoms with Crippen LogP contribution >= 0.6 is 31.9 Å². The molecule has 0 spiro atoms. The van der Waals surface area contributed by atoms with Crippen LogP contribution in [-0.4, -0.2) is 28.7 Å². The standard InChI is InChI=1S/C82H62B2N2.C38H28B.C6H6Br2N2.CH4/c1-59-81-57-79(73-37-33-67(34-38-73)61-21-9-3-10-22-61)84(77-53-45-71(46-54-77)65-29-17-7-18-30-65,78-55-47-72(48-56-78)66-31-19-8-20-32-66)86(81)60(2)82-58-80(74-39-35-68(36-40-74)62-23-11-4-12-24-62)83(85(59)82,75-49-41-69(42-50-75)63-25-13-5-14-26-63)76-51-43-70(44-52-76)64-27-15-6-16-28-64;1-2-39(36-24-18-33(19-25-36)30-12-6-3-7-13-30,37-26-20-34(21-27-37)31-14-8-4-9-15-31)38-28-22-35(23-29-38)32-16-10-5-11-17-32;1-3-5(7)10-4(2)6(8)9-3;/h3-58H,1-2H3;1,3-29H;1-2H3;1H4/q;-1;;. The molecule has 2 aromatic heterocycles. The highest BCUT2D eigenvalue weighted by atomic mass is 79.9. The second-order valence-corrected chi connectivity index (χ2v) is 36.8. The zero-order chi connectivity index (χ0) is 91.8. The number of terminal acetylenes is 1. The van der Waals surface area contributed by atoms with E-state index in [-0.39, 0.29) is 7.43 Å². The molecule has 9 heteroatoms. The van der Waals surface area contributed by atoms with Gasteiger partial charge in [0.1, 0.15) is 15.4 Å². The minimum atomic E-state index is -1.96. The summed E-state index contributed by atoms with van der Waals surface area (Å²) in [6, 6.07) is 179. The van der Waals surface area contributed by atoms with Gasteiger partial charge in [-0.1, -0.05) is 510 Å². The van der Waals surface area contributed by atoms with Crippen LogP contribution in [0, 0.1) is 39.9 Å². The van der Waals surface area contributed by atoms with E-state index < -0.39 is 18.7 Å². The first-order valence-corrected chi connectivity index (χ1v) is 47.9. The quantitative estimate of drug-likeness (QED) is 0.0634. The van der Waals surface area contributed by atoms with Gasteiger partial charge in [-0.15, -0.1) is 32.8 Å². The lowest BCUT2D eigenvalue weighted by Crippen LogP contribution is -2.83. The zero-order valence-electron chi connectivity index (χ0n) is 75.8. The van der Waals surface area contributed by atoms with Gasteiger partial charge in [-0.25, -0.2) is 9.97 Å². The number of benzene rings is 18. The van der Waals surface area contributed by atoms with Crippen LogP contribution in [-0.2, 0) is 0 Å². The van der Waals surface area contributed by atoms with Gasteiger partial charge in [0.05, 0.1) is 11.4 Å². The second kappa shape index (κ2) is 39.6. The van der Waals surface area contributed by atoms with E-state index >= 15 is 0 Å². The van der Waals surface area contributed by atoms with Gasteiger partial charge in [0.15, 0.2) is 11.4 Å². The largest absolute Gasteiger partial charge is 0.396 e. The minimum Gasteiger partial charge on any atom is -0.396 e. The molecule has 22 rings (SSSR count). The van der Waals surface area contributed by atoms with Gasteiger partial charge in [-0.2, -0.15) is 22.8 Å². The maximum Gasteiger partial charge on any atom is 0.361 e. The molecule has 0 N–H and O–H groups in total. The van der Waals surface area contributed by atoms with Crippen molar-refractivity contribution < 1.29 is 8.96 Å². The molecule has 0 radical (unpaired) electrons. The molecule has 0 saturated heterocycles. The molecule has 0 bridgehead atoms. The normalized spacial score (nSPS) is 12.5. The predicted octanol–water partition coefficient (Wildman–Crippen LogP) is 26.9. The first kappa shape index (κ1) is 89.5. The third-order valence-corrected chi connectivity index (χ3v) is 29.3. The van der Waals surface area contributed by atoms with E-state index in [0.717, 1.165) is 37.0 Å². The molecule has 652 valence electrons. The van der Waals surface area contributed by atoms with E-state index in [9.17, 15) is 0 Å². The lowest BCUT2D eigenvalue weighted by molar-refractivity contribution is -0.612. The summed E-state index contributed by atoms with van der Waals surface area (Å²) < 4.78 is 7.17. The number of halogens is 2. The van der Waals surface area contributed by atoms with E-state index in [1.807, 2.05) is 32.0 Å². The van der Waals surface area contributed by atoms with E-state index in [0.29, 0.717) is 0 Å². The monoisotopic (exact) mass is 1870 g/mol. The van der Waals surface area contributed by atoms with Crippen molar-refractivity contribution in [2.75, 3.05) is 0 Å². The molecular formula is C127H100B3Br2N4-. The fraction of sp³-hybridized carbons (Fsp3) is 0.0394. The van der Waals surface area contributed by atoms with Crippen molar-refractivity contribution in [3.05, 3.63) is 546 Å². The molecule has 136 heavy (non-hydrogen) atoms. The van der Waals surface area contributed by atoms with Crippen LogP contribution in [0.15, 0.2) is 501 Å². The van der Waals surface area contributed by atoms with Gasteiger partial charge in [0, 0.05) is 13.8 Å². The molecule has 20 aromatic rings. The highest BCUT2D eigenvalue weighted by Crippen LogP contribution is 2.41. The van der Waals surface area contributed by atoms with Crippen LogP contribution in [0.2, 0.25) is 0 Å². The Morgan fingerprint density at radius 3 is 0.551 bits per heavy atom. The van der Waals surface area contributed by atoms with Gasteiger partial charge in [-0.05, 0) is 158 Å². The average molecular weight is 1870 g/mol. The first-order chi connectivity index (χ1) is 66.3. The fourth-order valence-electron chi connectivity index (χ4n) is 21.0. The third-order valence-electron chi connectivity index (χ3n) is 27.8. The number of aromatic nitrogens is 4. The van der Waals surface area contributed by atoms with E-state index in [1.54, 1.807) is 0 Å². The smallest absolute Gasteiger partial charge is 0.361 e. The predicted molar refractivity (Wildman–Crippen MR) is 587 cm³/mol. The first-order valence-electron chi connectivity index (χ1n) is 46.4. The van der Waals surface area contributed by atoms with Crippen LogP contribution < -0.4 is 47.2 Å².